The van der Waals surface area contributed by atoms with Crippen LogP contribution in [0.1, 0.15) is 65.7 Å². The summed E-state index contributed by atoms with van der Waals surface area (Å²) in [6, 6.07) is -1.62. The molecule has 178 valence electrons. The molecule has 0 aromatic heterocycles. The van der Waals surface area contributed by atoms with Gasteiger partial charge < -0.3 is 20.3 Å². The molecule has 0 aromatic carbocycles. The Morgan fingerprint density at radius 2 is 1.88 bits per heavy atom. The van der Waals surface area contributed by atoms with Gasteiger partial charge in [-0.15, -0.1) is 6.58 Å². The number of ether oxygens (including phenoxy) is 1. The van der Waals surface area contributed by atoms with E-state index < -0.39 is 42.8 Å². The van der Waals surface area contributed by atoms with Crippen LogP contribution in [0, 0.1) is 11.3 Å². The fourth-order valence-corrected chi connectivity index (χ4v) is 5.64. The minimum atomic E-state index is -2.63. The molecule has 0 spiro atoms. The first kappa shape index (κ1) is 24.6. The molecule has 1 saturated heterocycles. The Morgan fingerprint density at radius 3 is 2.41 bits per heavy atom. The van der Waals surface area contributed by atoms with Gasteiger partial charge in [-0.1, -0.05) is 26.8 Å². The fraction of sp³-hybridized carbons (Fsp3) is 0.773. The number of likely N-dealkylation sites (tertiary alicyclic amines) is 1. The first-order valence-corrected chi connectivity index (χ1v) is 12.6. The number of amides is 3. The normalized spacial score (nSPS) is 29.2. The molecule has 3 amide bonds. The van der Waals surface area contributed by atoms with E-state index in [9.17, 15) is 23.8 Å². The Bertz CT molecular complexity index is 791. The van der Waals surface area contributed by atoms with Gasteiger partial charge in [0.25, 0.3) is 5.28 Å². The molecule has 5 atom stereocenters. The summed E-state index contributed by atoms with van der Waals surface area (Å²) in [4.78, 5) is 50.2. The average molecular weight is 469 g/mol. The van der Waals surface area contributed by atoms with E-state index in [-0.39, 0.29) is 17.9 Å². The van der Waals surface area contributed by atoms with Crippen molar-refractivity contribution in [1.82, 2.24) is 15.5 Å². The fourth-order valence-electron chi connectivity index (χ4n) is 4.69. The molecule has 3 aliphatic rings. The second kappa shape index (κ2) is 9.48. The highest BCUT2D eigenvalue weighted by Crippen LogP contribution is 2.58. The second-order valence-corrected chi connectivity index (χ2v) is 11.5. The molecular formula is C22H35N3O6P+. The third-order valence-electron chi connectivity index (χ3n) is 6.74. The zero-order chi connectivity index (χ0) is 23.7. The number of rotatable bonds is 7. The van der Waals surface area contributed by atoms with E-state index in [0.29, 0.717) is 25.8 Å². The molecule has 0 bridgehead atoms. The lowest BCUT2D eigenvalue weighted by Crippen LogP contribution is -2.58. The molecule has 2 aliphatic carbocycles. The van der Waals surface area contributed by atoms with Crippen LogP contribution >= 0.6 is 8.03 Å². The second-order valence-electron chi connectivity index (χ2n) is 10.2. The smallest absolute Gasteiger partial charge is 0.446 e. The molecule has 1 aliphatic heterocycles. The topological polar surface area (TPSA) is 125 Å². The number of carbonyl (C=O) groups is 3. The monoisotopic (exact) mass is 468 g/mol. The summed E-state index contributed by atoms with van der Waals surface area (Å²) in [6.45, 7) is 9.58. The van der Waals surface area contributed by atoms with Crippen molar-refractivity contribution < 1.29 is 28.6 Å². The zero-order valence-corrected chi connectivity index (χ0v) is 20.0. The van der Waals surface area contributed by atoms with Crippen LogP contribution in [0.2, 0.25) is 0 Å². The van der Waals surface area contributed by atoms with Gasteiger partial charge >= 0.3 is 14.1 Å². The standard InChI is InChI=1S/C22H34N3O6P/c1-5-14-13-22(14,32(29)30)24-18(26)16-11-8-12-25(16)19(27)17(21(2,3)4)23-20(28)31-15-9-6-7-10-15/h5,14-17H,1,6-13H2,2-4H3,(H2-,23,24,26,28,29,30)/p+1/t14-,16+,17-,22+/m1/s1. The largest absolute Gasteiger partial charge is 0.534 e. The third kappa shape index (κ3) is 5.15. The van der Waals surface area contributed by atoms with Crippen LogP contribution < -0.4 is 10.6 Å². The summed E-state index contributed by atoms with van der Waals surface area (Å²) in [5.41, 5.74) is -0.602. The summed E-state index contributed by atoms with van der Waals surface area (Å²) in [5.74, 6) is -1.06. The van der Waals surface area contributed by atoms with E-state index in [1.165, 1.54) is 4.90 Å². The Balaban J connectivity index is 1.69. The maximum absolute atomic E-state index is 13.5. The summed E-state index contributed by atoms with van der Waals surface area (Å²) in [6.07, 6.45) is 5.99. The number of hydrogen-bond donors (Lipinski definition) is 3. The molecule has 3 fully saturated rings. The first-order chi connectivity index (χ1) is 15.0. The molecule has 3 rings (SSSR count). The molecule has 1 heterocycles. The van der Waals surface area contributed by atoms with Crippen LogP contribution in [-0.4, -0.2) is 57.7 Å². The van der Waals surface area contributed by atoms with E-state index in [1.54, 1.807) is 6.08 Å². The minimum absolute atomic E-state index is 0.121. The van der Waals surface area contributed by atoms with Crippen molar-refractivity contribution in [3.05, 3.63) is 12.7 Å². The predicted molar refractivity (Wildman–Crippen MR) is 119 cm³/mol. The highest BCUT2D eigenvalue weighted by atomic mass is 31.1. The van der Waals surface area contributed by atoms with Gasteiger partial charge in [-0.2, -0.15) is 4.89 Å². The Kier molecular flexibility index (Phi) is 7.30. The molecule has 32 heavy (non-hydrogen) atoms. The molecule has 10 heteroatoms. The van der Waals surface area contributed by atoms with Crippen LogP contribution in [0.5, 0.6) is 0 Å². The van der Waals surface area contributed by atoms with Gasteiger partial charge in [0.05, 0.1) is 5.92 Å². The predicted octanol–water partition coefficient (Wildman–Crippen LogP) is 2.81. The van der Waals surface area contributed by atoms with Crippen LogP contribution in [0.3, 0.4) is 0 Å². The Hall–Kier alpha value is -1.99. The summed E-state index contributed by atoms with van der Waals surface area (Å²) in [7, 11) is -2.63. The van der Waals surface area contributed by atoms with Crippen molar-refractivity contribution in [2.24, 2.45) is 11.3 Å². The van der Waals surface area contributed by atoms with Crippen molar-refractivity contribution >= 4 is 25.9 Å². The van der Waals surface area contributed by atoms with Gasteiger partial charge in [-0.25, -0.2) is 4.79 Å². The number of carbonyl (C=O) groups excluding carboxylic acids is 3. The van der Waals surface area contributed by atoms with Crippen molar-refractivity contribution in [2.75, 3.05) is 6.54 Å². The zero-order valence-electron chi connectivity index (χ0n) is 19.1. The van der Waals surface area contributed by atoms with Gasteiger partial charge in [-0.3, -0.25) is 9.59 Å². The maximum Gasteiger partial charge on any atom is 0.534 e. The van der Waals surface area contributed by atoms with Crippen LogP contribution in [-0.2, 0) is 18.9 Å². The van der Waals surface area contributed by atoms with Gasteiger partial charge in [0.2, 0.25) is 11.8 Å². The Morgan fingerprint density at radius 1 is 1.22 bits per heavy atom. The third-order valence-corrected chi connectivity index (χ3v) is 8.05. The van der Waals surface area contributed by atoms with E-state index >= 15 is 0 Å². The van der Waals surface area contributed by atoms with Crippen molar-refractivity contribution in [3.8, 4) is 0 Å². The van der Waals surface area contributed by atoms with Crippen LogP contribution in [0.4, 0.5) is 4.79 Å². The average Bonchev–Trinajstić information content (AvgIpc) is 3.06. The molecule has 0 aromatic rings. The number of nitrogens with one attached hydrogen (secondary N) is 2. The van der Waals surface area contributed by atoms with Crippen molar-refractivity contribution in [2.45, 2.75) is 89.2 Å². The highest BCUT2D eigenvalue weighted by molar-refractivity contribution is 7.40. The van der Waals surface area contributed by atoms with E-state index in [4.69, 9.17) is 4.74 Å². The molecular weight excluding hydrogens is 433 g/mol. The lowest BCUT2D eigenvalue weighted by Gasteiger charge is -2.35. The molecule has 0 radical (unpaired) electrons. The summed E-state index contributed by atoms with van der Waals surface area (Å²) in [5, 5.41) is 4.25. The van der Waals surface area contributed by atoms with E-state index in [2.05, 4.69) is 17.2 Å². The minimum Gasteiger partial charge on any atom is -0.446 e. The summed E-state index contributed by atoms with van der Waals surface area (Å²) >= 11 is 0. The molecule has 3 N–H and O–H groups in total. The quantitative estimate of drug-likeness (QED) is 0.390. The highest BCUT2D eigenvalue weighted by Gasteiger charge is 2.70. The number of nitrogens with zero attached hydrogens (tertiary/aromatic N) is 1. The molecule has 1 unspecified atom stereocenters. The summed E-state index contributed by atoms with van der Waals surface area (Å²) < 4.78 is 17.3. The lowest BCUT2D eigenvalue weighted by molar-refractivity contribution is -0.142. The lowest BCUT2D eigenvalue weighted by atomic mass is 9.85. The number of alkyl carbamates (subject to hydrolysis) is 1. The molecule has 9 nitrogen and oxygen atoms in total. The SMILES string of the molecule is C=C[C@@H]1C[C@]1(NC(=O)[C@@H]1CCCN1C(=O)[C@@H](NC(=O)OC1CCCC1)C(C)(C)C)[P+](=O)O. The van der Waals surface area contributed by atoms with Gasteiger partial charge in [0, 0.05) is 13.0 Å². The maximum atomic E-state index is 13.5. The van der Waals surface area contributed by atoms with Crippen molar-refractivity contribution in [1.29, 1.82) is 0 Å². The van der Waals surface area contributed by atoms with Gasteiger partial charge in [0.1, 0.15) is 18.2 Å². The van der Waals surface area contributed by atoms with Gasteiger partial charge in [0.15, 0.2) is 0 Å². The van der Waals surface area contributed by atoms with Crippen LogP contribution in [0.25, 0.3) is 0 Å². The molecule has 2 saturated carbocycles. The number of hydrogen-bond acceptors (Lipinski definition) is 5. The van der Waals surface area contributed by atoms with Crippen molar-refractivity contribution in [3.63, 3.8) is 0 Å². The van der Waals surface area contributed by atoms with E-state index in [1.807, 2.05) is 20.8 Å². The van der Waals surface area contributed by atoms with E-state index in [0.717, 1.165) is 25.7 Å². The van der Waals surface area contributed by atoms with Gasteiger partial charge in [-0.05, 0) is 48.5 Å². The first-order valence-electron chi connectivity index (χ1n) is 11.4. The Labute approximate surface area is 190 Å². The van der Waals surface area contributed by atoms with Crippen LogP contribution in [0.15, 0.2) is 12.7 Å².